The number of hydrogen-bond acceptors (Lipinski definition) is 19. The average Bonchev–Trinajstić information content (AvgIpc) is 3.07. The Morgan fingerprint density at radius 2 is 0.900 bits per heavy atom. The molecule has 10 N–H and O–H groups in total. The zero-order valence-electron chi connectivity index (χ0n) is 28.1. The van der Waals surface area contributed by atoms with E-state index in [2.05, 4.69) is 0 Å². The van der Waals surface area contributed by atoms with Gasteiger partial charge < -0.3 is 93.3 Å². The van der Waals surface area contributed by atoms with E-state index in [0.29, 0.717) is 38.9 Å². The molecule has 16 unspecified atom stereocenters. The van der Waals surface area contributed by atoms with Gasteiger partial charge in [-0.15, -0.1) is 0 Å². The van der Waals surface area contributed by atoms with Crippen LogP contribution < -0.4 is 0 Å². The van der Waals surface area contributed by atoms with Crippen molar-refractivity contribution in [2.75, 3.05) is 60.0 Å². The zero-order valence-corrected chi connectivity index (χ0v) is 29.0. The predicted octanol–water partition coefficient (Wildman–Crippen LogP) is -4.10. The highest BCUT2D eigenvalue weighted by Crippen LogP contribution is 2.36. The molecule has 0 amide bonds. The minimum absolute atomic E-state index is 0.0648. The molecule has 0 radical (unpaired) electrons. The van der Waals surface area contributed by atoms with Crippen molar-refractivity contribution in [3.05, 3.63) is 0 Å². The van der Waals surface area contributed by atoms with E-state index >= 15 is 0 Å². The van der Waals surface area contributed by atoms with E-state index in [1.165, 1.54) is 0 Å². The maximum atomic E-state index is 11.2. The summed E-state index contributed by atoms with van der Waals surface area (Å²) in [5.41, 5.74) is 0. The van der Waals surface area contributed by atoms with Crippen molar-refractivity contribution >= 4 is 7.60 Å². The molecule has 0 aliphatic carbocycles. The van der Waals surface area contributed by atoms with E-state index < -0.39 is 113 Å². The van der Waals surface area contributed by atoms with Crippen LogP contribution in [0.1, 0.15) is 32.1 Å². The molecule has 3 fully saturated rings. The topological polar surface area (TPSA) is 302 Å². The Labute approximate surface area is 289 Å². The van der Waals surface area contributed by atoms with Gasteiger partial charge >= 0.3 is 7.60 Å². The second kappa shape index (κ2) is 21.4. The predicted molar refractivity (Wildman–Crippen MR) is 165 cm³/mol. The van der Waals surface area contributed by atoms with Gasteiger partial charge in [-0.1, -0.05) is 0 Å². The number of aliphatic hydroxyl groups excluding tert-OH is 9. The Kier molecular flexibility index (Phi) is 18.8. The molecule has 0 bridgehead atoms. The molecular formula is C29H55O20P. The van der Waals surface area contributed by atoms with Gasteiger partial charge in [0.2, 0.25) is 0 Å². The van der Waals surface area contributed by atoms with Gasteiger partial charge in [0, 0.05) is 33.6 Å². The fourth-order valence-electron chi connectivity index (χ4n) is 5.42. The van der Waals surface area contributed by atoms with Crippen molar-refractivity contribution < 1.29 is 97.8 Å². The molecule has 3 heterocycles. The molecule has 3 rings (SSSR count). The molecule has 21 heteroatoms. The molecule has 0 aromatic heterocycles. The summed E-state index contributed by atoms with van der Waals surface area (Å²) < 4.78 is 59.9. The third kappa shape index (κ3) is 13.1. The van der Waals surface area contributed by atoms with Crippen molar-refractivity contribution in [1.82, 2.24) is 0 Å². The Morgan fingerprint density at radius 1 is 0.500 bits per heavy atom. The minimum Gasteiger partial charge on any atom is -0.387 e. The summed E-state index contributed by atoms with van der Waals surface area (Å²) in [5, 5.41) is 93.9. The van der Waals surface area contributed by atoms with Crippen LogP contribution in [0.5, 0.6) is 0 Å². The van der Waals surface area contributed by atoms with Crippen LogP contribution in [0.15, 0.2) is 0 Å². The van der Waals surface area contributed by atoms with Crippen molar-refractivity contribution in [2.24, 2.45) is 0 Å². The molecule has 3 aliphatic heterocycles. The Hall–Kier alpha value is -0.530. The van der Waals surface area contributed by atoms with Gasteiger partial charge in [0.05, 0.1) is 26.4 Å². The number of hydrogen-bond donors (Lipinski definition) is 10. The highest BCUT2D eigenvalue weighted by Gasteiger charge is 2.49. The lowest BCUT2D eigenvalue weighted by Crippen LogP contribution is -2.62. The zero-order chi connectivity index (χ0) is 37.0. The Morgan fingerprint density at radius 3 is 1.36 bits per heavy atom. The van der Waals surface area contributed by atoms with Gasteiger partial charge in [-0.25, -0.2) is 0 Å². The number of ether oxygens (including phenoxy) is 8. The molecule has 0 spiro atoms. The van der Waals surface area contributed by atoms with E-state index in [-0.39, 0.29) is 19.8 Å². The SMILES string of the molecule is COCCCCOCC1OC(OCC2OC(OCC3OC(OCCCCCOP(C)(=O)O)C(O)C(O)C3O)C(O)C(O)C2O)C(O)C(O)C1O. The summed E-state index contributed by atoms with van der Waals surface area (Å²) in [5.74, 6) is 0. The van der Waals surface area contributed by atoms with E-state index in [1.807, 2.05) is 0 Å². The molecule has 0 saturated carbocycles. The van der Waals surface area contributed by atoms with Crippen LogP contribution in [0.3, 0.4) is 0 Å². The van der Waals surface area contributed by atoms with Crippen LogP contribution in [-0.4, -0.2) is 203 Å². The normalized spacial score (nSPS) is 40.8. The second-order valence-electron chi connectivity index (χ2n) is 12.6. The number of unbranched alkanes of at least 4 members (excludes halogenated alkanes) is 3. The van der Waals surface area contributed by atoms with E-state index in [1.54, 1.807) is 7.11 Å². The highest BCUT2D eigenvalue weighted by molar-refractivity contribution is 7.51. The van der Waals surface area contributed by atoms with Gasteiger partial charge in [-0.05, 0) is 32.1 Å². The standard InChI is InChI=1S/C29H55O20P/c1-41-8-6-7-9-42-12-15-18(30)21(33)25(37)28(47-15)44-14-17-20(32)23(35)26(38)29(49-17)45-13-16-19(31)22(34)24(36)27(48-16)43-10-4-3-5-11-46-50(2,39)40/h15-38H,3-14H2,1-2H3,(H,39,40). The lowest BCUT2D eigenvalue weighted by Gasteiger charge is -2.44. The summed E-state index contributed by atoms with van der Waals surface area (Å²) in [4.78, 5) is 9.14. The van der Waals surface area contributed by atoms with Gasteiger partial charge in [-0.2, -0.15) is 0 Å². The minimum atomic E-state index is -3.57. The molecule has 50 heavy (non-hydrogen) atoms. The molecule has 3 saturated heterocycles. The van der Waals surface area contributed by atoms with Crippen LogP contribution in [0.2, 0.25) is 0 Å². The third-order valence-corrected chi connectivity index (χ3v) is 9.09. The lowest BCUT2D eigenvalue weighted by atomic mass is 9.98. The van der Waals surface area contributed by atoms with Crippen LogP contribution >= 0.6 is 7.60 Å². The van der Waals surface area contributed by atoms with Gasteiger partial charge in [0.15, 0.2) is 18.9 Å². The first-order chi connectivity index (χ1) is 23.7. The first-order valence-electron chi connectivity index (χ1n) is 16.6. The van der Waals surface area contributed by atoms with Crippen molar-refractivity contribution in [3.8, 4) is 0 Å². The van der Waals surface area contributed by atoms with Crippen molar-refractivity contribution in [1.29, 1.82) is 0 Å². The van der Waals surface area contributed by atoms with Crippen molar-refractivity contribution in [3.63, 3.8) is 0 Å². The molecule has 296 valence electrons. The fraction of sp³-hybridized carbons (Fsp3) is 1.00. The summed E-state index contributed by atoms with van der Waals surface area (Å²) in [6, 6.07) is 0. The number of aliphatic hydroxyl groups is 9. The van der Waals surface area contributed by atoms with E-state index in [4.69, 9.17) is 47.3 Å². The number of rotatable bonds is 21. The van der Waals surface area contributed by atoms with Gasteiger partial charge in [0.25, 0.3) is 0 Å². The molecule has 16 atom stereocenters. The molecule has 0 aromatic rings. The first-order valence-corrected chi connectivity index (χ1v) is 18.6. The van der Waals surface area contributed by atoms with E-state index in [0.717, 1.165) is 13.1 Å². The van der Waals surface area contributed by atoms with Crippen LogP contribution in [0, 0.1) is 0 Å². The van der Waals surface area contributed by atoms with Crippen molar-refractivity contribution in [2.45, 2.75) is 124 Å². The molecule has 20 nitrogen and oxygen atoms in total. The summed E-state index contributed by atoms with van der Waals surface area (Å²) >= 11 is 0. The van der Waals surface area contributed by atoms with Crippen LogP contribution in [0.25, 0.3) is 0 Å². The second-order valence-corrected chi connectivity index (χ2v) is 14.4. The third-order valence-electron chi connectivity index (χ3n) is 8.43. The smallest absolute Gasteiger partial charge is 0.325 e. The Bertz CT molecular complexity index is 993. The van der Waals surface area contributed by atoms with Gasteiger partial charge in [0.1, 0.15) is 73.2 Å². The summed E-state index contributed by atoms with van der Waals surface area (Å²) in [7, 11) is -1.99. The average molecular weight is 755 g/mol. The Balaban J connectivity index is 1.49. The summed E-state index contributed by atoms with van der Waals surface area (Å²) in [6.45, 7) is 0.879. The highest BCUT2D eigenvalue weighted by atomic mass is 31.2. The first kappa shape index (κ1) is 43.9. The largest absolute Gasteiger partial charge is 0.387 e. The monoisotopic (exact) mass is 754 g/mol. The van der Waals surface area contributed by atoms with Crippen LogP contribution in [0.4, 0.5) is 0 Å². The fourth-order valence-corrected chi connectivity index (χ4v) is 5.89. The van der Waals surface area contributed by atoms with Gasteiger partial charge in [-0.3, -0.25) is 4.57 Å². The lowest BCUT2D eigenvalue weighted by molar-refractivity contribution is -0.342. The maximum absolute atomic E-state index is 11.2. The van der Waals surface area contributed by atoms with Crippen LogP contribution in [-0.2, 0) is 47.0 Å². The maximum Gasteiger partial charge on any atom is 0.325 e. The van der Waals surface area contributed by atoms with E-state index in [9.17, 15) is 50.5 Å². The molecule has 0 aromatic carbocycles. The summed E-state index contributed by atoms with van der Waals surface area (Å²) in [6.07, 6.45) is -20.5. The quantitative estimate of drug-likeness (QED) is 0.0393. The molecule has 3 aliphatic rings. The number of methoxy groups -OCH3 is 1. The molecular weight excluding hydrogens is 699 g/mol.